The molecule has 1 unspecified atom stereocenters. The van der Waals surface area contributed by atoms with Crippen molar-refractivity contribution in [3.8, 4) is 0 Å². The number of phosphoric ester groups is 1. The van der Waals surface area contributed by atoms with Gasteiger partial charge in [0.1, 0.15) is 12.7 Å². The highest BCUT2D eigenvalue weighted by Crippen LogP contribution is 2.43. The molecule has 320 valence electrons. The topological polar surface area (TPSA) is 149 Å². The molecule has 0 heterocycles. The molecule has 11 heteroatoms. The summed E-state index contributed by atoms with van der Waals surface area (Å²) in [6.07, 6.45) is 42.2. The van der Waals surface area contributed by atoms with Crippen molar-refractivity contribution in [2.75, 3.05) is 26.4 Å². The fraction of sp³-hybridized carbons (Fsp3) is 0.773. The van der Waals surface area contributed by atoms with Crippen molar-refractivity contribution in [3.63, 3.8) is 0 Å². The van der Waals surface area contributed by atoms with Crippen LogP contribution in [0.15, 0.2) is 48.6 Å². The Labute approximate surface area is 334 Å². The predicted octanol–water partition coefficient (Wildman–Crippen LogP) is 11.3. The van der Waals surface area contributed by atoms with Gasteiger partial charge in [-0.05, 0) is 77.0 Å². The third-order valence-corrected chi connectivity index (χ3v) is 9.91. The van der Waals surface area contributed by atoms with Gasteiger partial charge in [-0.15, -0.1) is 0 Å². The first kappa shape index (κ1) is 52.9. The highest BCUT2D eigenvalue weighted by molar-refractivity contribution is 7.47. The first-order valence-electron chi connectivity index (χ1n) is 21.6. The van der Waals surface area contributed by atoms with Crippen LogP contribution in [-0.2, 0) is 32.7 Å². The summed E-state index contributed by atoms with van der Waals surface area (Å²) in [5.74, 6) is -0.975. The van der Waals surface area contributed by atoms with E-state index in [4.69, 9.17) is 19.1 Å². The molecule has 0 saturated heterocycles. The van der Waals surface area contributed by atoms with E-state index in [0.29, 0.717) is 12.8 Å². The summed E-state index contributed by atoms with van der Waals surface area (Å²) in [4.78, 5) is 35.0. The molecular weight excluding hydrogens is 719 g/mol. The van der Waals surface area contributed by atoms with Crippen LogP contribution in [0.2, 0.25) is 0 Å². The SMILES string of the molecule is CCCCC/C=C/C/C=C/C/C=C/CCCCC(=O)OC[C@H](COP(=O)(O)OC[C@@H](O)CO)OC(=O)CCCCCCCCC/C=C/CCCCCCCC. The molecule has 3 N–H and O–H groups in total. The van der Waals surface area contributed by atoms with E-state index in [1.807, 2.05) is 0 Å². The minimum atomic E-state index is -4.63. The third kappa shape index (κ3) is 39.9. The van der Waals surface area contributed by atoms with Gasteiger partial charge in [0.25, 0.3) is 0 Å². The molecule has 0 bridgehead atoms. The smallest absolute Gasteiger partial charge is 0.462 e. The Morgan fingerprint density at radius 2 is 0.945 bits per heavy atom. The molecule has 0 amide bonds. The number of unbranched alkanes of at least 4 members (excludes halogenated alkanes) is 18. The van der Waals surface area contributed by atoms with E-state index >= 15 is 0 Å². The van der Waals surface area contributed by atoms with E-state index < -0.39 is 51.8 Å². The van der Waals surface area contributed by atoms with E-state index in [9.17, 15) is 24.2 Å². The van der Waals surface area contributed by atoms with Crippen LogP contribution in [0.4, 0.5) is 0 Å². The monoisotopic (exact) mass is 799 g/mol. The van der Waals surface area contributed by atoms with Gasteiger partial charge < -0.3 is 24.6 Å². The van der Waals surface area contributed by atoms with Crippen LogP contribution in [-0.4, -0.2) is 65.7 Å². The molecule has 0 fully saturated rings. The van der Waals surface area contributed by atoms with Crippen molar-refractivity contribution in [1.82, 2.24) is 0 Å². The van der Waals surface area contributed by atoms with Crippen molar-refractivity contribution < 1.29 is 47.8 Å². The quantitative estimate of drug-likeness (QED) is 0.0237. The molecule has 0 aliphatic heterocycles. The van der Waals surface area contributed by atoms with Gasteiger partial charge in [0, 0.05) is 12.8 Å². The minimum absolute atomic E-state index is 0.170. The number of aliphatic hydroxyl groups is 2. The van der Waals surface area contributed by atoms with Crippen LogP contribution in [0.25, 0.3) is 0 Å². The lowest BCUT2D eigenvalue weighted by Gasteiger charge is -2.20. The average Bonchev–Trinajstić information content (AvgIpc) is 3.17. The molecule has 0 saturated carbocycles. The minimum Gasteiger partial charge on any atom is -0.462 e. The van der Waals surface area contributed by atoms with Crippen LogP contribution in [0.5, 0.6) is 0 Å². The molecule has 0 rings (SSSR count). The standard InChI is InChI=1S/C44H79O10P/c1-3-5-7-9-11-13-15-17-19-20-22-24-26-28-30-32-34-36-44(48)54-42(40-53-55(49,50)52-38-41(46)37-45)39-51-43(47)35-33-31-29-27-25-23-21-18-16-14-12-10-8-6-4-2/h12,14,17-19,21,25,27,41-42,45-46H,3-11,13,15-16,20,22-24,26,28-40H2,1-2H3,(H,49,50)/b14-12+,19-17+,21-18+,27-25+/t41-,42+/m0/s1. The lowest BCUT2D eigenvalue weighted by molar-refractivity contribution is -0.161. The summed E-state index contributed by atoms with van der Waals surface area (Å²) >= 11 is 0. The first-order chi connectivity index (χ1) is 26.7. The number of carbonyl (C=O) groups is 2. The van der Waals surface area contributed by atoms with Gasteiger partial charge in [-0.25, -0.2) is 4.57 Å². The zero-order chi connectivity index (χ0) is 40.5. The Balaban J connectivity index is 4.37. The highest BCUT2D eigenvalue weighted by atomic mass is 31.2. The van der Waals surface area contributed by atoms with Gasteiger partial charge >= 0.3 is 19.8 Å². The first-order valence-corrected chi connectivity index (χ1v) is 23.1. The van der Waals surface area contributed by atoms with Crippen LogP contribution in [0.1, 0.15) is 181 Å². The van der Waals surface area contributed by atoms with Gasteiger partial charge in [-0.3, -0.25) is 18.6 Å². The van der Waals surface area contributed by atoms with Crippen molar-refractivity contribution in [2.24, 2.45) is 0 Å². The van der Waals surface area contributed by atoms with Crippen molar-refractivity contribution in [1.29, 1.82) is 0 Å². The molecule has 0 aliphatic carbocycles. The molecule has 0 aromatic heterocycles. The van der Waals surface area contributed by atoms with Crippen LogP contribution in [0, 0.1) is 0 Å². The van der Waals surface area contributed by atoms with Gasteiger partial charge in [0.15, 0.2) is 6.10 Å². The average molecular weight is 799 g/mol. The number of carbonyl (C=O) groups excluding carboxylic acids is 2. The lowest BCUT2D eigenvalue weighted by atomic mass is 10.1. The Kier molecular flexibility index (Phi) is 38.6. The molecule has 3 atom stereocenters. The normalized spacial score (nSPS) is 14.3. The highest BCUT2D eigenvalue weighted by Gasteiger charge is 2.27. The fourth-order valence-corrected chi connectivity index (χ4v) is 6.37. The maximum atomic E-state index is 12.6. The number of rotatable bonds is 40. The second kappa shape index (κ2) is 40.1. The molecule has 10 nitrogen and oxygen atoms in total. The van der Waals surface area contributed by atoms with E-state index in [-0.39, 0.29) is 19.4 Å². The Morgan fingerprint density at radius 3 is 1.51 bits per heavy atom. The Hall–Kier alpha value is -2.07. The largest absolute Gasteiger partial charge is 0.472 e. The number of hydrogen-bond donors (Lipinski definition) is 3. The molecule has 0 aromatic rings. The zero-order valence-corrected chi connectivity index (χ0v) is 35.5. The molecular formula is C44H79O10P. The summed E-state index contributed by atoms with van der Waals surface area (Å²) in [7, 11) is -4.63. The van der Waals surface area contributed by atoms with Crippen LogP contribution < -0.4 is 0 Å². The third-order valence-electron chi connectivity index (χ3n) is 8.96. The molecule has 0 spiro atoms. The number of phosphoric acid groups is 1. The summed E-state index contributed by atoms with van der Waals surface area (Å²) < 4.78 is 32.7. The number of esters is 2. The fourth-order valence-electron chi connectivity index (χ4n) is 5.58. The van der Waals surface area contributed by atoms with E-state index in [2.05, 4.69) is 67.0 Å². The van der Waals surface area contributed by atoms with Gasteiger partial charge in [0.2, 0.25) is 0 Å². The van der Waals surface area contributed by atoms with E-state index in [0.717, 1.165) is 57.8 Å². The maximum Gasteiger partial charge on any atom is 0.472 e. The number of ether oxygens (including phenoxy) is 2. The van der Waals surface area contributed by atoms with E-state index in [1.54, 1.807) is 0 Å². The predicted molar refractivity (Wildman–Crippen MR) is 224 cm³/mol. The van der Waals surface area contributed by atoms with Crippen molar-refractivity contribution in [3.05, 3.63) is 48.6 Å². The lowest BCUT2D eigenvalue weighted by Crippen LogP contribution is -2.29. The summed E-state index contributed by atoms with van der Waals surface area (Å²) in [5, 5.41) is 18.3. The van der Waals surface area contributed by atoms with Crippen molar-refractivity contribution >= 4 is 19.8 Å². The maximum absolute atomic E-state index is 12.6. The second-order valence-corrected chi connectivity index (χ2v) is 15.8. The Bertz CT molecular complexity index is 1060. The molecule has 0 aliphatic rings. The molecule has 0 radical (unpaired) electrons. The number of aliphatic hydroxyl groups excluding tert-OH is 2. The van der Waals surface area contributed by atoms with Gasteiger partial charge in [-0.2, -0.15) is 0 Å². The van der Waals surface area contributed by atoms with Crippen molar-refractivity contribution in [2.45, 2.75) is 193 Å². The van der Waals surface area contributed by atoms with Crippen LogP contribution in [0.3, 0.4) is 0 Å². The summed E-state index contributed by atoms with van der Waals surface area (Å²) in [6.45, 7) is 2.30. The van der Waals surface area contributed by atoms with E-state index in [1.165, 1.54) is 83.5 Å². The van der Waals surface area contributed by atoms with Crippen LogP contribution >= 0.6 is 7.82 Å². The summed E-state index contributed by atoms with van der Waals surface area (Å²) in [6, 6.07) is 0. The summed E-state index contributed by atoms with van der Waals surface area (Å²) in [5.41, 5.74) is 0. The number of hydrogen-bond acceptors (Lipinski definition) is 9. The van der Waals surface area contributed by atoms with Gasteiger partial charge in [0.05, 0.1) is 19.8 Å². The molecule has 55 heavy (non-hydrogen) atoms. The Morgan fingerprint density at radius 1 is 0.545 bits per heavy atom. The number of allylic oxidation sites excluding steroid dienone is 8. The van der Waals surface area contributed by atoms with Gasteiger partial charge in [-0.1, -0.05) is 140 Å². The second-order valence-electron chi connectivity index (χ2n) is 14.4. The zero-order valence-electron chi connectivity index (χ0n) is 34.6. The molecule has 0 aromatic carbocycles.